The smallest absolute Gasteiger partial charge is 0.418 e. The Morgan fingerprint density at radius 1 is 0.904 bits per heavy atom. The van der Waals surface area contributed by atoms with Gasteiger partial charge in [0.15, 0.2) is 5.82 Å². The number of carboxylic acid groups (broad SMARTS) is 1. The summed E-state index contributed by atoms with van der Waals surface area (Å²) in [6.45, 7) is 5.67. The molecule has 4 aromatic rings. The van der Waals surface area contributed by atoms with Gasteiger partial charge in [-0.15, -0.1) is 0 Å². The van der Waals surface area contributed by atoms with E-state index in [1.807, 2.05) is 0 Å². The Morgan fingerprint density at radius 2 is 1.42 bits per heavy atom. The zero-order chi connectivity index (χ0) is 38.5. The maximum atomic E-state index is 16.3. The van der Waals surface area contributed by atoms with Gasteiger partial charge in [-0.3, -0.25) is 0 Å². The van der Waals surface area contributed by atoms with Crippen LogP contribution in [-0.4, -0.2) is 48.5 Å². The Bertz CT molecular complexity index is 1880. The molecule has 1 heterocycles. The number of carbonyl (C=O) groups is 2. The average molecular weight is 731 g/mol. The first kappa shape index (κ1) is 39.2. The zero-order valence-electron chi connectivity index (χ0n) is 29.4. The van der Waals surface area contributed by atoms with Crippen molar-refractivity contribution in [3.05, 3.63) is 99.6 Å². The highest BCUT2D eigenvalue weighted by molar-refractivity contribution is 5.96. The van der Waals surface area contributed by atoms with Gasteiger partial charge in [0, 0.05) is 30.8 Å². The van der Waals surface area contributed by atoms with Crippen LogP contribution in [0.5, 0.6) is 11.5 Å². The summed E-state index contributed by atoms with van der Waals surface area (Å²) >= 11 is 0. The van der Waals surface area contributed by atoms with Crippen molar-refractivity contribution in [2.24, 2.45) is 0 Å². The van der Waals surface area contributed by atoms with E-state index in [-0.39, 0.29) is 24.5 Å². The lowest BCUT2D eigenvalue weighted by Gasteiger charge is -2.27. The number of alkyl halides is 3. The fourth-order valence-corrected chi connectivity index (χ4v) is 5.53. The number of carbonyl (C=O) groups excluding carboxylic acids is 1. The highest BCUT2D eigenvalue weighted by Crippen LogP contribution is 2.44. The van der Waals surface area contributed by atoms with E-state index in [1.165, 1.54) is 20.3 Å². The second kappa shape index (κ2) is 15.7. The third kappa shape index (κ3) is 9.19. The molecular weight excluding hydrogens is 691 g/mol. The lowest BCUT2D eigenvalue weighted by atomic mass is 9.91. The third-order valence-corrected chi connectivity index (χ3v) is 7.88. The SMILES string of the molecule is COc1ccc(CN(Cc2ccc(OC)cc2)c2cc(C)c(C(F)(F)F)c(-c3c(F)c(N)c(C(=O)O)c(F)c3CCNC(=O)OC(C)(C)C)n2)cc1. The van der Waals surface area contributed by atoms with Gasteiger partial charge in [-0.05, 0) is 81.1 Å². The van der Waals surface area contributed by atoms with E-state index in [9.17, 15) is 27.9 Å². The molecule has 0 unspecified atom stereocenters. The van der Waals surface area contributed by atoms with Crippen molar-refractivity contribution in [3.8, 4) is 22.8 Å². The van der Waals surface area contributed by atoms with Crippen molar-refractivity contribution in [2.75, 3.05) is 31.4 Å². The molecule has 0 spiro atoms. The summed E-state index contributed by atoms with van der Waals surface area (Å²) < 4.78 is 92.6. The average Bonchev–Trinajstić information content (AvgIpc) is 3.05. The lowest BCUT2D eigenvalue weighted by Crippen LogP contribution is -2.33. The molecule has 0 fully saturated rings. The summed E-state index contributed by atoms with van der Waals surface area (Å²) in [5, 5.41) is 12.0. The number of carboxylic acids is 1. The number of rotatable bonds is 12. The summed E-state index contributed by atoms with van der Waals surface area (Å²) in [5.74, 6) is -4.02. The number of nitrogen functional groups attached to an aromatic ring is 1. The number of benzene rings is 3. The molecule has 0 aliphatic carbocycles. The molecule has 278 valence electrons. The molecule has 0 saturated heterocycles. The molecule has 3 aromatic carbocycles. The molecule has 4 rings (SSSR count). The van der Waals surface area contributed by atoms with Crippen LogP contribution in [0.2, 0.25) is 0 Å². The summed E-state index contributed by atoms with van der Waals surface area (Å²) in [5.41, 5.74) is -0.745. The summed E-state index contributed by atoms with van der Waals surface area (Å²) in [6, 6.07) is 15.1. The van der Waals surface area contributed by atoms with Crippen LogP contribution in [0.15, 0.2) is 54.6 Å². The minimum atomic E-state index is -5.13. The zero-order valence-corrected chi connectivity index (χ0v) is 29.4. The van der Waals surface area contributed by atoms with E-state index >= 15 is 8.78 Å². The molecule has 15 heteroatoms. The van der Waals surface area contributed by atoms with Crippen molar-refractivity contribution < 1.29 is 50.9 Å². The van der Waals surface area contributed by atoms with Crippen molar-refractivity contribution >= 4 is 23.6 Å². The minimum absolute atomic E-state index is 0.0364. The van der Waals surface area contributed by atoms with E-state index in [2.05, 4.69) is 10.3 Å². The maximum absolute atomic E-state index is 16.3. The monoisotopic (exact) mass is 730 g/mol. The lowest BCUT2D eigenvalue weighted by molar-refractivity contribution is -0.137. The first-order chi connectivity index (χ1) is 24.3. The largest absolute Gasteiger partial charge is 0.497 e. The number of nitrogens with two attached hydrogens (primary N) is 1. The van der Waals surface area contributed by atoms with Crippen LogP contribution in [0.1, 0.15) is 58.9 Å². The van der Waals surface area contributed by atoms with Crippen LogP contribution in [0, 0.1) is 18.6 Å². The Balaban J connectivity index is 1.96. The van der Waals surface area contributed by atoms with Gasteiger partial charge in [0.2, 0.25) is 0 Å². The number of nitrogens with zero attached hydrogens (tertiary/aromatic N) is 2. The van der Waals surface area contributed by atoms with E-state index in [0.29, 0.717) is 11.5 Å². The molecule has 0 bridgehead atoms. The van der Waals surface area contributed by atoms with Gasteiger partial charge in [-0.2, -0.15) is 13.2 Å². The van der Waals surface area contributed by atoms with Gasteiger partial charge in [0.25, 0.3) is 0 Å². The maximum Gasteiger partial charge on any atom is 0.418 e. The van der Waals surface area contributed by atoms with Crippen LogP contribution in [-0.2, 0) is 30.4 Å². The van der Waals surface area contributed by atoms with Crippen molar-refractivity contribution in [1.82, 2.24) is 10.3 Å². The van der Waals surface area contributed by atoms with Gasteiger partial charge in [0.05, 0.1) is 31.2 Å². The molecular formula is C37H39F5N4O6. The number of hydrogen-bond donors (Lipinski definition) is 3. The molecule has 1 amide bonds. The topological polar surface area (TPSA) is 136 Å². The van der Waals surface area contributed by atoms with Gasteiger partial charge < -0.3 is 35.3 Å². The number of ether oxygens (including phenoxy) is 3. The fourth-order valence-electron chi connectivity index (χ4n) is 5.53. The minimum Gasteiger partial charge on any atom is -0.497 e. The second-order valence-electron chi connectivity index (χ2n) is 12.8. The van der Waals surface area contributed by atoms with Crippen LogP contribution >= 0.6 is 0 Å². The van der Waals surface area contributed by atoms with Crippen molar-refractivity contribution in [1.29, 1.82) is 0 Å². The Hall–Kier alpha value is -5.60. The first-order valence-corrected chi connectivity index (χ1v) is 15.9. The molecule has 0 aliphatic heterocycles. The number of aryl methyl sites for hydroxylation is 1. The standard InChI is InChI=1S/C37H39F5N4O6/c1-20-17-26(46(18-21-7-11-23(50-5)12-8-21)19-22-9-13-24(51-6)14-10-22)45-33(29(20)37(40,41)42)27-25(15-16-44-35(49)52-36(2,3)4)30(38)28(34(47)48)32(43)31(27)39/h7-14,17H,15-16,18-19,43H2,1-6H3,(H,44,49)(H,47,48). The van der Waals surface area contributed by atoms with E-state index in [0.717, 1.165) is 18.1 Å². The number of hydrogen-bond acceptors (Lipinski definition) is 8. The molecule has 1 aromatic heterocycles. The number of pyridine rings is 1. The number of aromatic nitrogens is 1. The van der Waals surface area contributed by atoms with Crippen molar-refractivity contribution in [2.45, 2.75) is 59.0 Å². The Kier molecular flexibility index (Phi) is 11.9. The molecule has 0 saturated carbocycles. The predicted molar refractivity (Wildman–Crippen MR) is 185 cm³/mol. The van der Waals surface area contributed by atoms with Crippen LogP contribution < -0.4 is 25.4 Å². The summed E-state index contributed by atoms with van der Waals surface area (Å²) in [4.78, 5) is 30.3. The summed E-state index contributed by atoms with van der Waals surface area (Å²) in [7, 11) is 3.00. The third-order valence-electron chi connectivity index (χ3n) is 7.88. The van der Waals surface area contributed by atoms with E-state index < -0.39 is 82.1 Å². The molecule has 10 nitrogen and oxygen atoms in total. The van der Waals surface area contributed by atoms with Crippen LogP contribution in [0.3, 0.4) is 0 Å². The second-order valence-corrected chi connectivity index (χ2v) is 12.8. The molecule has 0 radical (unpaired) electrons. The molecule has 52 heavy (non-hydrogen) atoms. The van der Waals surface area contributed by atoms with Gasteiger partial charge in [-0.1, -0.05) is 24.3 Å². The van der Waals surface area contributed by atoms with Gasteiger partial charge in [-0.25, -0.2) is 23.4 Å². The number of anilines is 2. The number of halogens is 5. The van der Waals surface area contributed by atoms with Gasteiger partial charge >= 0.3 is 18.2 Å². The highest BCUT2D eigenvalue weighted by atomic mass is 19.4. The Morgan fingerprint density at radius 3 is 1.87 bits per heavy atom. The van der Waals surface area contributed by atoms with E-state index in [1.54, 1.807) is 74.2 Å². The molecule has 0 aliphatic rings. The fraction of sp³-hybridized carbons (Fsp3) is 0.324. The van der Waals surface area contributed by atoms with Crippen LogP contribution in [0.4, 0.5) is 38.3 Å². The number of methoxy groups -OCH3 is 2. The Labute approximate surface area is 297 Å². The number of nitrogens with one attached hydrogen (secondary N) is 1. The number of alkyl carbamates (subject to hydrolysis) is 1. The predicted octanol–water partition coefficient (Wildman–Crippen LogP) is 7.93. The number of aromatic carboxylic acids is 1. The quantitative estimate of drug-likeness (QED) is 0.0981. The van der Waals surface area contributed by atoms with E-state index in [4.69, 9.17) is 19.9 Å². The van der Waals surface area contributed by atoms with Crippen LogP contribution in [0.25, 0.3) is 11.3 Å². The van der Waals surface area contributed by atoms with Gasteiger partial charge in [0.1, 0.15) is 34.3 Å². The highest BCUT2D eigenvalue weighted by Gasteiger charge is 2.40. The first-order valence-electron chi connectivity index (χ1n) is 15.9. The number of amides is 1. The normalized spacial score (nSPS) is 11.6. The van der Waals surface area contributed by atoms with Crippen molar-refractivity contribution in [3.63, 3.8) is 0 Å². The molecule has 0 atom stereocenters. The molecule has 4 N–H and O–H groups in total. The summed E-state index contributed by atoms with van der Waals surface area (Å²) in [6.07, 6.45) is -6.72.